The summed E-state index contributed by atoms with van der Waals surface area (Å²) in [6.07, 6.45) is -7.49. The molecule has 1 aromatic heterocycles. The van der Waals surface area contributed by atoms with Crippen molar-refractivity contribution in [1.29, 1.82) is 0 Å². The van der Waals surface area contributed by atoms with Crippen molar-refractivity contribution in [2.45, 2.75) is 18.2 Å². The molecule has 11 heteroatoms. The van der Waals surface area contributed by atoms with E-state index >= 15 is 0 Å². The summed E-state index contributed by atoms with van der Waals surface area (Å²) in [4.78, 5) is 12.2. The highest BCUT2D eigenvalue weighted by Gasteiger charge is 2.44. The zero-order valence-corrected chi connectivity index (χ0v) is 13.3. The van der Waals surface area contributed by atoms with Crippen molar-refractivity contribution in [1.82, 2.24) is 9.78 Å². The van der Waals surface area contributed by atoms with Gasteiger partial charge in [0.25, 0.3) is 0 Å². The van der Waals surface area contributed by atoms with Crippen molar-refractivity contribution in [3.05, 3.63) is 36.2 Å². The third kappa shape index (κ3) is 4.01. The molecule has 5 nitrogen and oxygen atoms in total. The van der Waals surface area contributed by atoms with E-state index in [9.17, 15) is 26.7 Å². The summed E-state index contributed by atoms with van der Waals surface area (Å²) in [7, 11) is 1.42. The summed E-state index contributed by atoms with van der Waals surface area (Å²) >= 11 is 5.36. The summed E-state index contributed by atoms with van der Waals surface area (Å²) in [5.74, 6) is -0.709. The second-order valence-corrected chi connectivity index (χ2v) is 5.16. The highest BCUT2D eigenvalue weighted by Crippen LogP contribution is 2.39. The first-order valence-electron chi connectivity index (χ1n) is 6.67. The van der Waals surface area contributed by atoms with Gasteiger partial charge < -0.3 is 4.74 Å². The number of aryl methyl sites for hydroxylation is 1. The van der Waals surface area contributed by atoms with Gasteiger partial charge in [-0.3, -0.25) is 14.4 Å². The zero-order valence-electron chi connectivity index (χ0n) is 12.5. The molecule has 136 valence electrons. The molecule has 2 rings (SSSR count). The van der Waals surface area contributed by atoms with Gasteiger partial charge in [-0.25, -0.2) is 4.39 Å². The maximum Gasteiger partial charge on any atom is 0.461 e. The fourth-order valence-corrected chi connectivity index (χ4v) is 2.17. The number of aromatic nitrogens is 2. The Morgan fingerprint density at radius 3 is 2.48 bits per heavy atom. The molecule has 0 radical (unpaired) electrons. The lowest BCUT2D eigenvalue weighted by Crippen LogP contribution is -2.34. The predicted molar refractivity (Wildman–Crippen MR) is 79.1 cm³/mol. The Hall–Kier alpha value is -2.36. The summed E-state index contributed by atoms with van der Waals surface area (Å²) < 4.78 is 69.9. The summed E-state index contributed by atoms with van der Waals surface area (Å²) in [6, 6.07) is 4.71. The molecule has 0 aliphatic rings. The average Bonchev–Trinajstić information content (AvgIpc) is 2.91. The van der Waals surface area contributed by atoms with Crippen LogP contribution in [0.25, 0.3) is 0 Å². The summed E-state index contributed by atoms with van der Waals surface area (Å²) in [6.45, 7) is 0. The van der Waals surface area contributed by atoms with Crippen molar-refractivity contribution >= 4 is 29.4 Å². The van der Waals surface area contributed by atoms with Crippen LogP contribution in [-0.2, 0) is 11.8 Å². The largest absolute Gasteiger partial charge is 0.461 e. The van der Waals surface area contributed by atoms with Crippen LogP contribution in [0.3, 0.4) is 0 Å². The number of hydrogen-bond acceptors (Lipinski definition) is 3. The lowest BCUT2D eigenvalue weighted by Gasteiger charge is -2.23. The molecule has 1 atom stereocenters. The van der Waals surface area contributed by atoms with E-state index in [1.807, 2.05) is 0 Å². The number of rotatable bonds is 7. The minimum absolute atomic E-state index is 0.156. The Morgan fingerprint density at radius 2 is 1.92 bits per heavy atom. The first-order valence-corrected chi connectivity index (χ1v) is 7.11. The molecule has 2 aromatic rings. The second kappa shape index (κ2) is 7.26. The molecule has 0 aliphatic heterocycles. The number of nitrogens with zero attached hydrogens (tertiary/aromatic N) is 3. The van der Waals surface area contributed by atoms with Crippen LogP contribution in [0.2, 0.25) is 0 Å². The van der Waals surface area contributed by atoms with Crippen LogP contribution in [0.4, 0.5) is 33.3 Å². The number of anilines is 2. The molecule has 1 heterocycles. The molecule has 0 N–H and O–H groups in total. The Morgan fingerprint density at radius 1 is 1.28 bits per heavy atom. The van der Waals surface area contributed by atoms with Crippen molar-refractivity contribution < 1.29 is 31.5 Å². The fourth-order valence-electron chi connectivity index (χ4n) is 2.01. The highest BCUT2D eigenvalue weighted by atomic mass is 35.5. The first-order chi connectivity index (χ1) is 11.7. The van der Waals surface area contributed by atoms with Crippen molar-refractivity contribution in [3.8, 4) is 5.75 Å². The quantitative estimate of drug-likeness (QED) is 0.410. The number of halogens is 6. The Kier molecular flexibility index (Phi) is 5.51. The standard InChI is InChI=1S/C14H11ClF5N3O2/c1-22-6-9(11(21-22)12(15)16)23(7-24)8-4-2-3-5-10(8)25-14(19,20)13(17)18/h2-7,12-13H,1H3. The normalized spacial score (nSPS) is 13.0. The lowest BCUT2D eigenvalue weighted by atomic mass is 10.2. The number of ether oxygens (including phenoxy) is 1. The van der Waals surface area contributed by atoms with E-state index in [-0.39, 0.29) is 23.5 Å². The Labute approximate surface area is 143 Å². The average molecular weight is 384 g/mol. The van der Waals surface area contributed by atoms with Gasteiger partial charge in [-0.15, -0.1) is 0 Å². The van der Waals surface area contributed by atoms with E-state index in [4.69, 9.17) is 11.6 Å². The zero-order chi connectivity index (χ0) is 18.8. The maximum absolute atomic E-state index is 13.5. The number of carbonyl (C=O) groups excluding carboxylic acids is 1. The van der Waals surface area contributed by atoms with E-state index in [1.54, 1.807) is 0 Å². The lowest BCUT2D eigenvalue weighted by molar-refractivity contribution is -0.253. The Bertz CT molecular complexity index is 754. The number of para-hydroxylation sites is 2. The van der Waals surface area contributed by atoms with Crippen LogP contribution >= 0.6 is 11.6 Å². The SMILES string of the molecule is Cn1cc(N(C=O)c2ccccc2OC(F)(F)C(F)F)c(C(F)Cl)n1. The molecule has 25 heavy (non-hydrogen) atoms. The van der Waals surface area contributed by atoms with Gasteiger partial charge >= 0.3 is 12.5 Å². The van der Waals surface area contributed by atoms with Crippen molar-refractivity contribution in [3.63, 3.8) is 0 Å². The van der Waals surface area contributed by atoms with Crippen LogP contribution in [0.5, 0.6) is 5.75 Å². The molecular formula is C14H11ClF5N3O2. The van der Waals surface area contributed by atoms with Gasteiger partial charge in [0.05, 0.1) is 11.4 Å². The highest BCUT2D eigenvalue weighted by molar-refractivity contribution is 6.20. The van der Waals surface area contributed by atoms with Gasteiger partial charge in [-0.2, -0.15) is 22.7 Å². The molecule has 0 bridgehead atoms. The number of benzene rings is 1. The van der Waals surface area contributed by atoms with Gasteiger partial charge in [0.1, 0.15) is 5.69 Å². The molecular weight excluding hydrogens is 373 g/mol. The van der Waals surface area contributed by atoms with Crippen LogP contribution in [0.1, 0.15) is 11.3 Å². The molecule has 1 unspecified atom stereocenters. The second-order valence-electron chi connectivity index (χ2n) is 4.78. The van der Waals surface area contributed by atoms with E-state index in [1.165, 1.54) is 25.4 Å². The molecule has 0 fully saturated rings. The third-order valence-electron chi connectivity index (χ3n) is 3.03. The smallest absolute Gasteiger partial charge is 0.426 e. The minimum Gasteiger partial charge on any atom is -0.426 e. The number of carbonyl (C=O) groups is 1. The number of alkyl halides is 6. The van der Waals surface area contributed by atoms with E-state index in [2.05, 4.69) is 9.84 Å². The molecule has 0 spiro atoms. The van der Waals surface area contributed by atoms with E-state index < -0.39 is 23.9 Å². The molecule has 0 saturated heterocycles. The number of amides is 1. The predicted octanol–water partition coefficient (Wildman–Crippen LogP) is 4.16. The Balaban J connectivity index is 2.51. The summed E-state index contributed by atoms with van der Waals surface area (Å²) in [5.41, 5.74) is -2.92. The van der Waals surface area contributed by atoms with Crippen LogP contribution in [0, 0.1) is 0 Å². The number of hydrogen-bond donors (Lipinski definition) is 0. The van der Waals surface area contributed by atoms with E-state index in [0.717, 1.165) is 16.8 Å². The topological polar surface area (TPSA) is 47.4 Å². The summed E-state index contributed by atoms with van der Waals surface area (Å²) in [5, 5.41) is 3.74. The van der Waals surface area contributed by atoms with Gasteiger partial charge in [-0.1, -0.05) is 23.7 Å². The van der Waals surface area contributed by atoms with Gasteiger partial charge in [0, 0.05) is 13.2 Å². The van der Waals surface area contributed by atoms with Gasteiger partial charge in [0.15, 0.2) is 5.75 Å². The molecule has 1 amide bonds. The monoisotopic (exact) mass is 383 g/mol. The van der Waals surface area contributed by atoms with Crippen LogP contribution in [-0.4, -0.2) is 28.7 Å². The van der Waals surface area contributed by atoms with Gasteiger partial charge in [-0.05, 0) is 12.1 Å². The van der Waals surface area contributed by atoms with E-state index in [0.29, 0.717) is 4.90 Å². The minimum atomic E-state index is -4.78. The van der Waals surface area contributed by atoms with Crippen molar-refractivity contribution in [2.24, 2.45) is 7.05 Å². The van der Waals surface area contributed by atoms with Crippen LogP contribution in [0.15, 0.2) is 30.5 Å². The first kappa shape index (κ1) is 19.0. The fraction of sp³-hybridized carbons (Fsp3) is 0.286. The molecule has 1 aromatic carbocycles. The molecule has 0 aliphatic carbocycles. The van der Waals surface area contributed by atoms with Crippen LogP contribution < -0.4 is 9.64 Å². The maximum atomic E-state index is 13.5. The van der Waals surface area contributed by atoms with Crippen molar-refractivity contribution in [2.75, 3.05) is 4.90 Å². The molecule has 0 saturated carbocycles. The van der Waals surface area contributed by atoms with Gasteiger partial charge in [0.2, 0.25) is 12.0 Å². The third-order valence-corrected chi connectivity index (χ3v) is 3.24.